The van der Waals surface area contributed by atoms with Gasteiger partial charge >= 0.3 is 0 Å². The molecule has 6 aromatic rings. The summed E-state index contributed by atoms with van der Waals surface area (Å²) < 4.78 is 8.80. The average molecular weight is 1070 g/mol. The Balaban J connectivity index is 1.12. The molecule has 4 aromatic heterocycles. The molecule has 0 aliphatic heterocycles. The molecule has 0 aliphatic carbocycles. The monoisotopic (exact) mass is 1070 g/mol. The van der Waals surface area contributed by atoms with E-state index in [4.69, 9.17) is 46.4 Å². The fourth-order valence-corrected chi connectivity index (χ4v) is 16.9. The first kappa shape index (κ1) is 56.0. The van der Waals surface area contributed by atoms with E-state index in [0.717, 1.165) is 24.0 Å². The van der Waals surface area contributed by atoms with E-state index in [1.807, 2.05) is 81.7 Å². The van der Waals surface area contributed by atoms with Gasteiger partial charge in [-0.05, 0) is 73.2 Å². The van der Waals surface area contributed by atoms with E-state index in [-0.39, 0.29) is 0 Å². The Morgan fingerprint density at radius 1 is 0.309 bits per heavy atom. The molecule has 0 atom stereocenters. The summed E-state index contributed by atoms with van der Waals surface area (Å²) >= 11 is 34.7. The highest BCUT2D eigenvalue weighted by Crippen LogP contribution is 2.53. The second-order valence-corrected chi connectivity index (χ2v) is 25.2. The lowest BCUT2D eigenvalue weighted by atomic mass is 10.0. The topological polar surface area (TPSA) is 0 Å². The maximum Gasteiger partial charge on any atom is 0.0651 e. The Labute approximate surface area is 448 Å². The molecule has 0 saturated heterocycles. The van der Waals surface area contributed by atoms with Gasteiger partial charge in [0.15, 0.2) is 0 Å². The lowest BCUT2D eigenvalue weighted by Crippen LogP contribution is -1.87. The maximum absolute atomic E-state index is 6.67. The van der Waals surface area contributed by atoms with E-state index in [2.05, 4.69) is 38.2 Å². The molecule has 0 fully saturated rings. The van der Waals surface area contributed by atoms with Crippen molar-refractivity contribution < 1.29 is 0 Å². The molecular formula is C60H80Cl4S4. The molecule has 0 N–H and O–H groups in total. The molecule has 8 heteroatoms. The normalized spacial score (nSPS) is 12.3. The van der Waals surface area contributed by atoms with E-state index in [0.29, 0.717) is 20.1 Å². The lowest BCUT2D eigenvalue weighted by molar-refractivity contribution is 0.532. The summed E-state index contributed by atoms with van der Waals surface area (Å²) in [6.45, 7) is 4.60. The Morgan fingerprint density at radius 2 is 0.559 bits per heavy atom. The minimum atomic E-state index is 0.695. The molecule has 2 aromatic carbocycles. The molecule has 0 amide bonds. The number of benzene rings is 2. The number of thiophene rings is 4. The van der Waals surface area contributed by atoms with Crippen molar-refractivity contribution in [2.45, 2.75) is 219 Å². The van der Waals surface area contributed by atoms with E-state index < -0.39 is 0 Å². The smallest absolute Gasteiger partial charge is 0.0651 e. The van der Waals surface area contributed by atoms with Crippen molar-refractivity contribution in [3.05, 3.63) is 88.5 Å². The van der Waals surface area contributed by atoms with Crippen molar-refractivity contribution >= 4 is 144 Å². The highest BCUT2D eigenvalue weighted by Gasteiger charge is 2.23. The Hall–Kier alpha value is -1.34. The largest absolute Gasteiger partial charge is 0.133 e. The van der Waals surface area contributed by atoms with Crippen LogP contribution in [0.2, 0.25) is 20.1 Å². The summed E-state index contributed by atoms with van der Waals surface area (Å²) in [4.78, 5) is 2.70. The van der Waals surface area contributed by atoms with Gasteiger partial charge in [0.25, 0.3) is 0 Å². The number of hydrogen-bond acceptors (Lipinski definition) is 4. The quantitative estimate of drug-likeness (QED) is 0.0344. The average Bonchev–Trinajstić information content (AvgIpc) is 4.06. The molecule has 372 valence electrons. The number of hydrogen-bond donors (Lipinski definition) is 0. The van der Waals surface area contributed by atoms with Crippen molar-refractivity contribution in [1.82, 2.24) is 0 Å². The molecule has 0 saturated carbocycles. The van der Waals surface area contributed by atoms with Gasteiger partial charge in [-0.2, -0.15) is 0 Å². The minimum absolute atomic E-state index is 0.695. The van der Waals surface area contributed by atoms with Crippen LogP contribution in [-0.2, 0) is 12.8 Å². The highest BCUT2D eigenvalue weighted by atomic mass is 35.5. The SMILES string of the molecule is CCCCCCCCCCCCCCCCCc1c(/C=C/c2c(Cl)cccc2Cl)sc2c1sc1c3sc(/C=C/c4c(Cl)cccc4Cl)c(CCCCCCCCCCCCCCCCC)c3sc21. The van der Waals surface area contributed by atoms with Gasteiger partial charge in [0.05, 0.1) is 28.2 Å². The van der Waals surface area contributed by atoms with E-state index >= 15 is 0 Å². The Bertz CT molecular complexity index is 2220. The molecule has 4 heterocycles. The second kappa shape index (κ2) is 32.0. The first-order valence-corrected chi connectivity index (χ1v) is 31.8. The molecule has 0 nitrogen and oxygen atoms in total. The van der Waals surface area contributed by atoms with Crippen LogP contribution in [0.3, 0.4) is 0 Å². The highest BCUT2D eigenvalue weighted by molar-refractivity contribution is 7.45. The molecule has 0 radical (unpaired) electrons. The number of aryl methyl sites for hydroxylation is 2. The zero-order chi connectivity index (χ0) is 47.8. The third kappa shape index (κ3) is 17.4. The van der Waals surface area contributed by atoms with Gasteiger partial charge in [-0.25, -0.2) is 0 Å². The number of rotatable bonds is 36. The second-order valence-electron chi connectivity index (χ2n) is 19.4. The van der Waals surface area contributed by atoms with Crippen LogP contribution >= 0.6 is 91.8 Å². The maximum atomic E-state index is 6.67. The van der Waals surface area contributed by atoms with Crippen LogP contribution in [0.25, 0.3) is 52.5 Å². The van der Waals surface area contributed by atoms with Gasteiger partial charge in [0, 0.05) is 41.0 Å². The summed E-state index contributed by atoms with van der Waals surface area (Å²) in [7, 11) is 0. The molecule has 0 aliphatic rings. The van der Waals surface area contributed by atoms with Crippen LogP contribution in [0.5, 0.6) is 0 Å². The Kier molecular flexibility index (Phi) is 26.3. The predicted octanol–water partition coefficient (Wildman–Crippen LogP) is 25.2. The predicted molar refractivity (Wildman–Crippen MR) is 319 cm³/mol. The standard InChI is InChI=1S/C60H80Cl4S4/c1-3-5-7-9-11-13-15-17-19-21-23-25-27-29-31-35-47-53(43-41-45-49(61)37-33-38-50(45)62)65-57-55(47)67-60-58-56(68-59(57)60)48(54(66-58)44-42-46-51(63)39-34-40-52(46)64)36-32-30-28-26-24-22-20-18-16-14-12-10-8-6-4-2/h33-34,37-44H,3-32,35-36H2,1-2H3/b43-41+,44-42+. The number of fused-ring (bicyclic) bond motifs is 5. The van der Waals surface area contributed by atoms with Crippen LogP contribution in [-0.4, -0.2) is 0 Å². The van der Waals surface area contributed by atoms with Crippen LogP contribution in [0.15, 0.2) is 36.4 Å². The van der Waals surface area contributed by atoms with Crippen LogP contribution in [0, 0.1) is 0 Å². The summed E-state index contributed by atoms with van der Waals surface area (Å²) in [6.07, 6.45) is 52.5. The van der Waals surface area contributed by atoms with Gasteiger partial charge < -0.3 is 0 Å². The minimum Gasteiger partial charge on any atom is -0.133 e. The first-order chi connectivity index (χ1) is 33.4. The van der Waals surface area contributed by atoms with Gasteiger partial charge in [-0.3, -0.25) is 0 Å². The van der Waals surface area contributed by atoms with Gasteiger partial charge in [-0.15, -0.1) is 45.3 Å². The first-order valence-electron chi connectivity index (χ1n) is 27.1. The summed E-state index contributed by atoms with van der Waals surface area (Å²) in [5.74, 6) is 0. The molecule has 0 spiro atoms. The van der Waals surface area contributed by atoms with Crippen molar-refractivity contribution in [3.8, 4) is 0 Å². The zero-order valence-electron chi connectivity index (χ0n) is 41.5. The summed E-state index contributed by atoms with van der Waals surface area (Å²) in [5.41, 5.74) is 4.80. The van der Waals surface area contributed by atoms with Crippen LogP contribution < -0.4 is 0 Å². The molecular weight excluding hydrogens is 991 g/mol. The Morgan fingerprint density at radius 3 is 0.838 bits per heavy atom. The van der Waals surface area contributed by atoms with Crippen LogP contribution in [0.1, 0.15) is 238 Å². The van der Waals surface area contributed by atoms with Crippen molar-refractivity contribution in [2.24, 2.45) is 0 Å². The summed E-state index contributed by atoms with van der Waals surface area (Å²) in [5, 5.41) is 2.78. The van der Waals surface area contributed by atoms with E-state index in [1.165, 1.54) is 242 Å². The number of unbranched alkanes of at least 4 members (excludes halogenated alkanes) is 28. The van der Waals surface area contributed by atoms with Gasteiger partial charge in [0.2, 0.25) is 0 Å². The lowest BCUT2D eigenvalue weighted by Gasteiger charge is -2.05. The van der Waals surface area contributed by atoms with E-state index in [1.54, 1.807) is 0 Å². The fourth-order valence-electron chi connectivity index (χ4n) is 9.79. The third-order valence-corrected chi connectivity index (χ3v) is 20.8. The van der Waals surface area contributed by atoms with Crippen molar-refractivity contribution in [2.75, 3.05) is 0 Å². The van der Waals surface area contributed by atoms with Gasteiger partial charge in [0.1, 0.15) is 0 Å². The summed E-state index contributed by atoms with van der Waals surface area (Å²) in [6, 6.07) is 11.6. The zero-order valence-corrected chi connectivity index (χ0v) is 47.8. The third-order valence-electron chi connectivity index (χ3n) is 13.9. The van der Waals surface area contributed by atoms with Crippen LogP contribution in [0.4, 0.5) is 0 Å². The fraction of sp³-hybridized carbons (Fsp3) is 0.567. The van der Waals surface area contributed by atoms with E-state index in [9.17, 15) is 0 Å². The molecule has 0 bridgehead atoms. The van der Waals surface area contributed by atoms with Crippen molar-refractivity contribution in [3.63, 3.8) is 0 Å². The van der Waals surface area contributed by atoms with Crippen molar-refractivity contribution in [1.29, 1.82) is 0 Å². The molecule has 6 rings (SSSR count). The van der Waals surface area contributed by atoms with Gasteiger partial charge in [-0.1, -0.05) is 264 Å². The molecule has 68 heavy (non-hydrogen) atoms. The number of halogens is 4. The molecule has 0 unspecified atom stereocenters.